The molecule has 0 spiro atoms. The van der Waals surface area contributed by atoms with E-state index >= 15 is 0 Å². The van der Waals surface area contributed by atoms with Gasteiger partial charge in [-0.05, 0) is 12.5 Å². The number of hydrogen-bond acceptors (Lipinski definition) is 5. The van der Waals surface area contributed by atoms with Crippen molar-refractivity contribution in [3.63, 3.8) is 0 Å². The molecule has 1 fully saturated rings. The molecule has 1 aliphatic heterocycles. The molecule has 0 aromatic carbocycles. The van der Waals surface area contributed by atoms with Gasteiger partial charge in [-0.2, -0.15) is 0 Å². The van der Waals surface area contributed by atoms with Gasteiger partial charge in [-0.3, -0.25) is 15.0 Å². The smallest absolute Gasteiger partial charge is 0.314 e. The third-order valence-corrected chi connectivity index (χ3v) is 3.77. The molecule has 5 nitrogen and oxygen atoms in total. The largest absolute Gasteiger partial charge is 0.324 e. The van der Waals surface area contributed by atoms with Gasteiger partial charge in [-0.25, -0.2) is 0 Å². The van der Waals surface area contributed by atoms with Crippen LogP contribution in [0.25, 0.3) is 0 Å². The third-order valence-electron chi connectivity index (χ3n) is 2.84. The van der Waals surface area contributed by atoms with E-state index in [9.17, 15) is 10.1 Å². The predicted octanol–water partition coefficient (Wildman–Crippen LogP) is 1.87. The molecule has 7 heteroatoms. The maximum atomic E-state index is 10.6. The molecule has 17 heavy (non-hydrogen) atoms. The number of hydrogen-bond donors (Lipinski definition) is 1. The molecule has 96 valence electrons. The average molecular weight is 278 g/mol. The van der Waals surface area contributed by atoms with E-state index in [1.54, 1.807) is 6.07 Å². The first-order valence-electron chi connectivity index (χ1n) is 5.33. The SMILES string of the molecule is C[C@@H]1CNCCN1Cc1csc([N+](=O)[O-])c1.Cl. The van der Waals surface area contributed by atoms with Gasteiger partial charge in [-0.15, -0.1) is 12.4 Å². The van der Waals surface area contributed by atoms with Crippen LogP contribution in [-0.4, -0.2) is 35.5 Å². The molecule has 0 unspecified atom stereocenters. The van der Waals surface area contributed by atoms with Gasteiger partial charge in [0.1, 0.15) is 0 Å². The lowest BCUT2D eigenvalue weighted by molar-refractivity contribution is -0.380. The van der Waals surface area contributed by atoms with E-state index in [0.717, 1.165) is 31.7 Å². The highest BCUT2D eigenvalue weighted by molar-refractivity contribution is 7.13. The highest BCUT2D eigenvalue weighted by Crippen LogP contribution is 2.24. The van der Waals surface area contributed by atoms with Crippen LogP contribution in [0.15, 0.2) is 11.4 Å². The van der Waals surface area contributed by atoms with Crippen molar-refractivity contribution >= 4 is 28.7 Å². The summed E-state index contributed by atoms with van der Waals surface area (Å²) in [6.07, 6.45) is 0. The lowest BCUT2D eigenvalue weighted by Gasteiger charge is -2.33. The van der Waals surface area contributed by atoms with Crippen molar-refractivity contribution in [1.82, 2.24) is 10.2 Å². The second-order valence-corrected chi connectivity index (χ2v) is 4.96. The molecule has 2 heterocycles. The fourth-order valence-corrected chi connectivity index (χ4v) is 2.61. The minimum Gasteiger partial charge on any atom is -0.314 e. The number of halogens is 1. The fraction of sp³-hybridized carbons (Fsp3) is 0.600. The summed E-state index contributed by atoms with van der Waals surface area (Å²) in [7, 11) is 0. The van der Waals surface area contributed by atoms with Crippen LogP contribution >= 0.6 is 23.7 Å². The van der Waals surface area contributed by atoms with Crippen LogP contribution in [0.2, 0.25) is 0 Å². The normalized spacial score (nSPS) is 20.9. The molecular weight excluding hydrogens is 262 g/mol. The summed E-state index contributed by atoms with van der Waals surface area (Å²) < 4.78 is 0. The Morgan fingerprint density at radius 3 is 3.06 bits per heavy atom. The monoisotopic (exact) mass is 277 g/mol. The fourth-order valence-electron chi connectivity index (χ4n) is 1.89. The van der Waals surface area contributed by atoms with E-state index in [1.165, 1.54) is 11.3 Å². The van der Waals surface area contributed by atoms with E-state index in [0.29, 0.717) is 6.04 Å². The predicted molar refractivity (Wildman–Crippen MR) is 71.0 cm³/mol. The van der Waals surface area contributed by atoms with Crippen molar-refractivity contribution in [2.45, 2.75) is 19.5 Å². The molecule has 1 saturated heterocycles. The van der Waals surface area contributed by atoms with E-state index in [-0.39, 0.29) is 22.3 Å². The number of rotatable bonds is 3. The van der Waals surface area contributed by atoms with Crippen LogP contribution in [0.4, 0.5) is 5.00 Å². The maximum Gasteiger partial charge on any atom is 0.324 e. The Bertz CT molecular complexity index is 385. The first-order valence-corrected chi connectivity index (χ1v) is 6.21. The quantitative estimate of drug-likeness (QED) is 0.677. The Morgan fingerprint density at radius 1 is 1.71 bits per heavy atom. The lowest BCUT2D eigenvalue weighted by atomic mass is 10.2. The summed E-state index contributed by atoms with van der Waals surface area (Å²) >= 11 is 1.21. The Hall–Kier alpha value is -0.690. The number of nitro groups is 1. The van der Waals surface area contributed by atoms with Gasteiger partial charge in [0, 0.05) is 43.7 Å². The van der Waals surface area contributed by atoms with E-state index < -0.39 is 0 Å². The topological polar surface area (TPSA) is 58.4 Å². The molecule has 0 saturated carbocycles. The number of nitrogens with one attached hydrogen (secondary N) is 1. The average Bonchev–Trinajstić information content (AvgIpc) is 2.70. The zero-order valence-corrected chi connectivity index (χ0v) is 11.2. The summed E-state index contributed by atoms with van der Waals surface area (Å²) in [6, 6.07) is 2.17. The Morgan fingerprint density at radius 2 is 2.47 bits per heavy atom. The van der Waals surface area contributed by atoms with E-state index in [4.69, 9.17) is 0 Å². The standard InChI is InChI=1S/C10H15N3O2S.ClH/c1-8-5-11-2-3-12(8)6-9-4-10(13(14)15)16-7-9;/h4,7-8,11H,2-3,5-6H2,1H3;1H/t8-;/m1./s1. The van der Waals surface area contributed by atoms with E-state index in [2.05, 4.69) is 17.1 Å². The van der Waals surface area contributed by atoms with E-state index in [1.807, 2.05) is 5.38 Å². The van der Waals surface area contributed by atoms with Crippen molar-refractivity contribution in [3.8, 4) is 0 Å². The second-order valence-electron chi connectivity index (χ2n) is 4.07. The number of nitrogens with zero attached hydrogens (tertiary/aromatic N) is 2. The van der Waals surface area contributed by atoms with Crippen LogP contribution in [0.5, 0.6) is 0 Å². The van der Waals surface area contributed by atoms with Crippen LogP contribution < -0.4 is 5.32 Å². The molecule has 0 aliphatic carbocycles. The number of thiophene rings is 1. The summed E-state index contributed by atoms with van der Waals surface area (Å²) in [5.74, 6) is 0. The van der Waals surface area contributed by atoms with Gasteiger partial charge in [0.25, 0.3) is 0 Å². The molecule has 1 atom stereocenters. The van der Waals surface area contributed by atoms with Crippen LogP contribution in [0.1, 0.15) is 12.5 Å². The molecule has 0 bridgehead atoms. The highest BCUT2D eigenvalue weighted by Gasteiger charge is 2.19. The van der Waals surface area contributed by atoms with Crippen LogP contribution in [-0.2, 0) is 6.54 Å². The zero-order valence-electron chi connectivity index (χ0n) is 9.59. The van der Waals surface area contributed by atoms with Gasteiger partial charge in [0.2, 0.25) is 0 Å². The first kappa shape index (κ1) is 14.4. The zero-order chi connectivity index (χ0) is 11.5. The summed E-state index contributed by atoms with van der Waals surface area (Å²) in [4.78, 5) is 12.6. The maximum absolute atomic E-state index is 10.6. The first-order chi connectivity index (χ1) is 7.66. The summed E-state index contributed by atoms with van der Waals surface area (Å²) in [6.45, 7) is 5.98. The highest BCUT2D eigenvalue weighted by atomic mass is 35.5. The van der Waals surface area contributed by atoms with Crippen LogP contribution in [0.3, 0.4) is 0 Å². The molecule has 2 rings (SSSR count). The molecule has 1 N–H and O–H groups in total. The van der Waals surface area contributed by atoms with Crippen molar-refractivity contribution in [2.24, 2.45) is 0 Å². The molecule has 0 amide bonds. The number of piperazine rings is 1. The van der Waals surface area contributed by atoms with Gasteiger partial charge >= 0.3 is 5.00 Å². The van der Waals surface area contributed by atoms with Gasteiger partial charge < -0.3 is 5.32 Å². The van der Waals surface area contributed by atoms with Gasteiger partial charge in [0.05, 0.1) is 4.92 Å². The van der Waals surface area contributed by atoms with Crippen molar-refractivity contribution < 1.29 is 4.92 Å². The van der Waals surface area contributed by atoms with Gasteiger partial charge in [-0.1, -0.05) is 11.3 Å². The molecule has 0 radical (unpaired) electrons. The molecule has 1 aliphatic rings. The lowest BCUT2D eigenvalue weighted by Crippen LogP contribution is -2.49. The van der Waals surface area contributed by atoms with Crippen molar-refractivity contribution in [2.75, 3.05) is 19.6 Å². The minimum absolute atomic E-state index is 0. The molecule has 1 aromatic rings. The summed E-state index contributed by atoms with van der Waals surface area (Å²) in [5.41, 5.74) is 1.05. The molecular formula is C10H16ClN3O2S. The molecule has 1 aromatic heterocycles. The minimum atomic E-state index is -0.324. The Labute approximate surface area is 110 Å². The summed E-state index contributed by atoms with van der Waals surface area (Å²) in [5, 5.41) is 16.0. The third kappa shape index (κ3) is 3.64. The van der Waals surface area contributed by atoms with Crippen molar-refractivity contribution in [3.05, 3.63) is 27.1 Å². The second kappa shape index (κ2) is 6.30. The van der Waals surface area contributed by atoms with Crippen LogP contribution in [0, 0.1) is 10.1 Å². The van der Waals surface area contributed by atoms with Gasteiger partial charge in [0.15, 0.2) is 0 Å². The Balaban J connectivity index is 0.00000144. The Kier molecular flexibility index (Phi) is 5.32. The van der Waals surface area contributed by atoms with Crippen molar-refractivity contribution in [1.29, 1.82) is 0 Å².